The number of guanidine groups is 1. The fourth-order valence-electron chi connectivity index (χ4n) is 3.19. The molecule has 0 heterocycles. The van der Waals surface area contributed by atoms with E-state index in [9.17, 15) is 38.4 Å². The van der Waals surface area contributed by atoms with Crippen molar-refractivity contribution >= 4 is 53.3 Å². The third-order valence-corrected chi connectivity index (χ3v) is 5.45. The lowest BCUT2D eigenvalue weighted by molar-refractivity contribution is -0.138. The van der Waals surface area contributed by atoms with Crippen molar-refractivity contribution in [1.29, 1.82) is 0 Å². The molecule has 7 amide bonds. The molecule has 0 bridgehead atoms. The highest BCUT2D eigenvalue weighted by molar-refractivity contribution is 5.96. The number of aliphatic imine (C=N–C) groups is 1. The summed E-state index contributed by atoms with van der Waals surface area (Å²) in [7, 11) is 0. The first-order chi connectivity index (χ1) is 20.1. The summed E-state index contributed by atoms with van der Waals surface area (Å²) in [6, 6.07) is -4.99. The van der Waals surface area contributed by atoms with Gasteiger partial charge in [0.1, 0.15) is 24.2 Å². The standard InChI is InChI=1S/C23H41N11O9/c1-11(19(40)30-10-17(37)29-9-15(25)35)31-22(43)14(5-6-18(38)39)34-20(41)12(2)32-21(42)13(33-16(36)8-24)4-3-7-28-23(26)27/h11-14H,3-10,24H2,1-2H3,(H2,25,35)(H,29,37)(H,30,40)(H,31,43)(H,32,42)(H,33,36)(H,34,41)(H,38,39)(H4,26,27,28)/t11-,12-,13-,14-/m0/s1. The van der Waals surface area contributed by atoms with Crippen LogP contribution in [0.4, 0.5) is 0 Å². The summed E-state index contributed by atoms with van der Waals surface area (Å²) in [4.78, 5) is 99.7. The molecular weight excluding hydrogens is 574 g/mol. The second-order valence-corrected chi connectivity index (χ2v) is 9.19. The summed E-state index contributed by atoms with van der Waals surface area (Å²) in [5.74, 6) is -6.88. The van der Waals surface area contributed by atoms with E-state index in [0.29, 0.717) is 6.42 Å². The van der Waals surface area contributed by atoms with E-state index >= 15 is 0 Å². The normalized spacial score (nSPS) is 13.1. The molecule has 0 aliphatic rings. The van der Waals surface area contributed by atoms with Crippen LogP contribution in [0.2, 0.25) is 0 Å². The predicted octanol–water partition coefficient (Wildman–Crippen LogP) is -6.44. The molecule has 0 aromatic carbocycles. The lowest BCUT2D eigenvalue weighted by Gasteiger charge is -2.24. The number of primary amides is 1. The molecule has 0 unspecified atom stereocenters. The van der Waals surface area contributed by atoms with E-state index < -0.39 is 97.5 Å². The van der Waals surface area contributed by atoms with E-state index in [0.717, 1.165) is 0 Å². The van der Waals surface area contributed by atoms with Crippen molar-refractivity contribution in [2.75, 3.05) is 26.2 Å². The summed E-state index contributed by atoms with van der Waals surface area (Å²) >= 11 is 0. The van der Waals surface area contributed by atoms with Crippen LogP contribution in [0.5, 0.6) is 0 Å². The maximum absolute atomic E-state index is 12.8. The maximum Gasteiger partial charge on any atom is 0.303 e. The van der Waals surface area contributed by atoms with Crippen LogP contribution in [-0.2, 0) is 38.4 Å². The molecule has 0 fully saturated rings. The van der Waals surface area contributed by atoms with Gasteiger partial charge in [-0.2, -0.15) is 0 Å². The number of amides is 7. The molecule has 43 heavy (non-hydrogen) atoms. The van der Waals surface area contributed by atoms with Crippen molar-refractivity contribution in [2.24, 2.45) is 27.9 Å². The Bertz CT molecular complexity index is 1060. The van der Waals surface area contributed by atoms with Gasteiger partial charge in [-0.3, -0.25) is 43.3 Å². The van der Waals surface area contributed by atoms with Crippen molar-refractivity contribution in [3.05, 3.63) is 0 Å². The number of carbonyl (C=O) groups excluding carboxylic acids is 7. The van der Waals surface area contributed by atoms with E-state index in [2.05, 4.69) is 36.9 Å². The molecule has 0 radical (unpaired) electrons. The van der Waals surface area contributed by atoms with Gasteiger partial charge in [-0.1, -0.05) is 0 Å². The number of carboxylic acid groups (broad SMARTS) is 1. The molecule has 0 aliphatic carbocycles. The minimum atomic E-state index is -1.43. The van der Waals surface area contributed by atoms with Gasteiger partial charge in [0, 0.05) is 13.0 Å². The number of carbonyl (C=O) groups is 8. The third kappa shape index (κ3) is 17.4. The van der Waals surface area contributed by atoms with Gasteiger partial charge in [0.15, 0.2) is 5.96 Å². The van der Waals surface area contributed by atoms with Gasteiger partial charge in [-0.15, -0.1) is 0 Å². The van der Waals surface area contributed by atoms with E-state index in [1.165, 1.54) is 13.8 Å². The Morgan fingerprint density at radius 2 is 1.26 bits per heavy atom. The first-order valence-corrected chi connectivity index (χ1v) is 13.1. The molecule has 242 valence electrons. The highest BCUT2D eigenvalue weighted by Crippen LogP contribution is 2.03. The van der Waals surface area contributed by atoms with Crippen molar-refractivity contribution < 1.29 is 43.5 Å². The zero-order chi connectivity index (χ0) is 33.1. The van der Waals surface area contributed by atoms with Crippen LogP contribution >= 0.6 is 0 Å². The Balaban J connectivity index is 5.29. The maximum atomic E-state index is 12.8. The highest BCUT2D eigenvalue weighted by atomic mass is 16.4. The smallest absolute Gasteiger partial charge is 0.303 e. The minimum Gasteiger partial charge on any atom is -0.481 e. The number of nitrogens with two attached hydrogens (primary N) is 4. The largest absolute Gasteiger partial charge is 0.481 e. The van der Waals surface area contributed by atoms with Gasteiger partial charge in [0.2, 0.25) is 41.4 Å². The van der Waals surface area contributed by atoms with Crippen molar-refractivity contribution in [3.63, 3.8) is 0 Å². The quantitative estimate of drug-likeness (QED) is 0.0346. The number of aliphatic carboxylic acids is 1. The molecule has 0 aromatic heterocycles. The zero-order valence-corrected chi connectivity index (χ0v) is 23.9. The van der Waals surface area contributed by atoms with Crippen LogP contribution in [0, 0.1) is 0 Å². The lowest BCUT2D eigenvalue weighted by Crippen LogP contribution is -2.57. The Hall–Kier alpha value is -5.01. The van der Waals surface area contributed by atoms with Crippen LogP contribution in [-0.4, -0.2) is 109 Å². The van der Waals surface area contributed by atoms with E-state index in [1.54, 1.807) is 0 Å². The SMILES string of the molecule is C[C@H](NC(=O)[C@H](CCCN=C(N)N)NC(=O)CN)C(=O)N[C@@H](CCC(=O)O)C(=O)N[C@@H](C)C(=O)NCC(=O)NCC(N)=O. The van der Waals surface area contributed by atoms with Crippen molar-refractivity contribution in [1.82, 2.24) is 31.9 Å². The molecule has 0 aliphatic heterocycles. The molecule has 15 N–H and O–H groups in total. The van der Waals surface area contributed by atoms with Gasteiger partial charge in [-0.05, 0) is 33.1 Å². The predicted molar refractivity (Wildman–Crippen MR) is 150 cm³/mol. The summed E-state index contributed by atoms with van der Waals surface area (Å²) in [6.45, 7) is 1.38. The molecule has 0 rings (SSSR count). The van der Waals surface area contributed by atoms with Crippen molar-refractivity contribution in [2.45, 2.75) is 63.7 Å². The molecule has 0 saturated carbocycles. The number of nitrogens with zero attached hydrogens (tertiary/aromatic N) is 1. The van der Waals surface area contributed by atoms with Gasteiger partial charge in [0.25, 0.3) is 0 Å². The van der Waals surface area contributed by atoms with Gasteiger partial charge in [0.05, 0.1) is 19.6 Å². The second-order valence-electron chi connectivity index (χ2n) is 9.19. The minimum absolute atomic E-state index is 0.0963. The zero-order valence-electron chi connectivity index (χ0n) is 23.9. The average molecular weight is 616 g/mol. The number of hydrogen-bond donors (Lipinski definition) is 11. The third-order valence-electron chi connectivity index (χ3n) is 5.45. The van der Waals surface area contributed by atoms with Crippen LogP contribution in [0.25, 0.3) is 0 Å². The molecule has 0 saturated heterocycles. The Morgan fingerprint density at radius 1 is 0.698 bits per heavy atom. The molecule has 20 nitrogen and oxygen atoms in total. The molecule has 20 heteroatoms. The number of nitrogens with one attached hydrogen (secondary N) is 6. The molecule has 0 aromatic rings. The van der Waals surface area contributed by atoms with Crippen LogP contribution < -0.4 is 54.8 Å². The fraction of sp³-hybridized carbons (Fsp3) is 0.609. The number of rotatable bonds is 20. The van der Waals surface area contributed by atoms with Gasteiger partial charge in [-0.25, -0.2) is 0 Å². The van der Waals surface area contributed by atoms with E-state index in [1.807, 2.05) is 0 Å². The second kappa shape index (κ2) is 20.0. The van der Waals surface area contributed by atoms with Gasteiger partial charge < -0.3 is 59.9 Å². The number of hydrogen-bond acceptors (Lipinski definition) is 10. The first-order valence-electron chi connectivity index (χ1n) is 13.1. The summed E-state index contributed by atoms with van der Waals surface area (Å²) in [5, 5.41) is 22.9. The Morgan fingerprint density at radius 3 is 1.77 bits per heavy atom. The topological polar surface area (TPSA) is 345 Å². The molecule has 4 atom stereocenters. The monoisotopic (exact) mass is 615 g/mol. The molecule has 0 spiro atoms. The van der Waals surface area contributed by atoms with Crippen LogP contribution in [0.15, 0.2) is 4.99 Å². The molecular formula is C23H41N11O9. The average Bonchev–Trinajstić information content (AvgIpc) is 2.93. The Labute approximate surface area is 246 Å². The Kier molecular flexibility index (Phi) is 17.6. The van der Waals surface area contributed by atoms with Gasteiger partial charge >= 0.3 is 5.97 Å². The first kappa shape index (κ1) is 38.0. The van der Waals surface area contributed by atoms with E-state index in [-0.39, 0.29) is 25.3 Å². The summed E-state index contributed by atoms with van der Waals surface area (Å²) in [5.41, 5.74) is 20.7. The summed E-state index contributed by atoms with van der Waals surface area (Å²) in [6.07, 6.45) is -0.498. The van der Waals surface area contributed by atoms with E-state index in [4.69, 9.17) is 28.0 Å². The number of carboxylic acids is 1. The highest BCUT2D eigenvalue weighted by Gasteiger charge is 2.29. The fourth-order valence-corrected chi connectivity index (χ4v) is 3.19. The van der Waals surface area contributed by atoms with Crippen molar-refractivity contribution in [3.8, 4) is 0 Å². The summed E-state index contributed by atoms with van der Waals surface area (Å²) < 4.78 is 0. The lowest BCUT2D eigenvalue weighted by atomic mass is 10.1. The van der Waals surface area contributed by atoms with Crippen LogP contribution in [0.1, 0.15) is 39.5 Å². The van der Waals surface area contributed by atoms with Crippen LogP contribution in [0.3, 0.4) is 0 Å².